The maximum atomic E-state index is 5.54. The number of anilines is 1. The van der Waals surface area contributed by atoms with Gasteiger partial charge in [-0.2, -0.15) is 5.10 Å². The predicted octanol–water partition coefficient (Wildman–Crippen LogP) is 2.86. The fraction of sp³-hybridized carbons (Fsp3) is 0.333. The molecule has 0 saturated heterocycles. The summed E-state index contributed by atoms with van der Waals surface area (Å²) >= 11 is 0. The van der Waals surface area contributed by atoms with Crippen LogP contribution < -0.4 is 5.32 Å². The fourth-order valence-electron chi connectivity index (χ4n) is 1.51. The van der Waals surface area contributed by atoms with E-state index in [0.717, 1.165) is 22.9 Å². The van der Waals surface area contributed by atoms with Gasteiger partial charge in [0.2, 0.25) is 0 Å². The maximum Gasteiger partial charge on any atom is 0.149 e. The molecule has 0 saturated carbocycles. The van der Waals surface area contributed by atoms with Crippen molar-refractivity contribution >= 4 is 5.82 Å². The highest BCUT2D eigenvalue weighted by atomic mass is 16.3. The molecule has 0 amide bonds. The van der Waals surface area contributed by atoms with Gasteiger partial charge in [-0.25, -0.2) is 0 Å². The van der Waals surface area contributed by atoms with E-state index in [1.54, 1.807) is 6.20 Å². The highest BCUT2D eigenvalue weighted by Crippen LogP contribution is 2.19. The van der Waals surface area contributed by atoms with Gasteiger partial charge in [-0.15, -0.1) is 5.10 Å². The lowest BCUT2D eigenvalue weighted by atomic mass is 10.2. The number of nitrogens with one attached hydrogen (secondary N) is 1. The number of hydrogen-bond donors (Lipinski definition) is 1. The highest BCUT2D eigenvalue weighted by Gasteiger charge is 2.09. The van der Waals surface area contributed by atoms with Gasteiger partial charge < -0.3 is 9.73 Å². The van der Waals surface area contributed by atoms with Crippen LogP contribution in [0.4, 0.5) is 5.82 Å². The Morgan fingerprint density at radius 3 is 2.75 bits per heavy atom. The van der Waals surface area contributed by atoms with Gasteiger partial charge in [0.1, 0.15) is 17.3 Å². The molecule has 2 rings (SSSR count). The van der Waals surface area contributed by atoms with Crippen LogP contribution >= 0.6 is 0 Å². The van der Waals surface area contributed by atoms with Crippen LogP contribution in [0.25, 0.3) is 0 Å². The Balaban J connectivity index is 2.10. The standard InChI is InChI=1S/C12H15N3O/c1-8-6-12(15-13-7-8)14-10(3)11-5-4-9(2)16-11/h4-7,10H,1-3H3,(H,14,15). The lowest BCUT2D eigenvalue weighted by Crippen LogP contribution is -2.07. The number of rotatable bonds is 3. The van der Waals surface area contributed by atoms with Crippen LogP contribution in [0.3, 0.4) is 0 Å². The lowest BCUT2D eigenvalue weighted by molar-refractivity contribution is 0.466. The van der Waals surface area contributed by atoms with Crippen LogP contribution in [-0.2, 0) is 0 Å². The molecule has 0 aromatic carbocycles. The van der Waals surface area contributed by atoms with Gasteiger partial charge in [0.05, 0.1) is 12.2 Å². The molecular formula is C12H15N3O. The van der Waals surface area contributed by atoms with Crippen LogP contribution in [0.1, 0.15) is 30.0 Å². The molecule has 2 aromatic heterocycles. The monoisotopic (exact) mass is 217 g/mol. The van der Waals surface area contributed by atoms with E-state index >= 15 is 0 Å². The smallest absolute Gasteiger partial charge is 0.149 e. The van der Waals surface area contributed by atoms with Crippen LogP contribution in [-0.4, -0.2) is 10.2 Å². The Labute approximate surface area is 94.7 Å². The predicted molar refractivity (Wildman–Crippen MR) is 62.3 cm³/mol. The molecule has 4 heteroatoms. The first-order valence-electron chi connectivity index (χ1n) is 5.27. The van der Waals surface area contributed by atoms with Crippen LogP contribution in [0.2, 0.25) is 0 Å². The van der Waals surface area contributed by atoms with E-state index in [0.29, 0.717) is 0 Å². The highest BCUT2D eigenvalue weighted by molar-refractivity contribution is 5.37. The molecule has 0 bridgehead atoms. The van der Waals surface area contributed by atoms with Crippen molar-refractivity contribution in [3.8, 4) is 0 Å². The second-order valence-electron chi connectivity index (χ2n) is 3.93. The second-order valence-corrected chi connectivity index (χ2v) is 3.93. The quantitative estimate of drug-likeness (QED) is 0.858. The van der Waals surface area contributed by atoms with Crippen molar-refractivity contribution in [2.24, 2.45) is 0 Å². The van der Waals surface area contributed by atoms with Crippen LogP contribution in [0.5, 0.6) is 0 Å². The van der Waals surface area contributed by atoms with E-state index in [1.165, 1.54) is 0 Å². The Bertz CT molecular complexity index is 479. The summed E-state index contributed by atoms with van der Waals surface area (Å²) in [6, 6.07) is 5.97. The molecule has 1 unspecified atom stereocenters. The number of furan rings is 1. The van der Waals surface area contributed by atoms with Crippen molar-refractivity contribution < 1.29 is 4.42 Å². The molecule has 0 aliphatic rings. The minimum Gasteiger partial charge on any atom is -0.464 e. The molecule has 1 atom stereocenters. The largest absolute Gasteiger partial charge is 0.464 e. The lowest BCUT2D eigenvalue weighted by Gasteiger charge is -2.11. The first-order valence-corrected chi connectivity index (χ1v) is 5.27. The Hall–Kier alpha value is -1.84. The fourth-order valence-corrected chi connectivity index (χ4v) is 1.51. The summed E-state index contributed by atoms with van der Waals surface area (Å²) in [6.45, 7) is 5.95. The number of aromatic nitrogens is 2. The zero-order chi connectivity index (χ0) is 11.5. The van der Waals surface area contributed by atoms with Gasteiger partial charge in [-0.3, -0.25) is 0 Å². The Kier molecular flexibility index (Phi) is 2.90. The summed E-state index contributed by atoms with van der Waals surface area (Å²) in [5, 5.41) is 11.1. The van der Waals surface area contributed by atoms with Gasteiger partial charge in [0.25, 0.3) is 0 Å². The molecule has 0 fully saturated rings. The van der Waals surface area contributed by atoms with Crippen molar-refractivity contribution in [3.05, 3.63) is 41.5 Å². The van der Waals surface area contributed by atoms with Crippen molar-refractivity contribution in [2.45, 2.75) is 26.8 Å². The third kappa shape index (κ3) is 2.39. The summed E-state index contributed by atoms with van der Waals surface area (Å²) < 4.78 is 5.54. The molecule has 0 aliphatic carbocycles. The molecular weight excluding hydrogens is 202 g/mol. The van der Waals surface area contributed by atoms with Gasteiger partial charge >= 0.3 is 0 Å². The van der Waals surface area contributed by atoms with E-state index < -0.39 is 0 Å². The minimum atomic E-state index is 0.0878. The summed E-state index contributed by atoms with van der Waals surface area (Å²) in [4.78, 5) is 0. The minimum absolute atomic E-state index is 0.0878. The van der Waals surface area contributed by atoms with E-state index in [9.17, 15) is 0 Å². The summed E-state index contributed by atoms with van der Waals surface area (Å²) in [5.41, 5.74) is 1.08. The zero-order valence-electron chi connectivity index (χ0n) is 9.69. The van der Waals surface area contributed by atoms with Crippen LogP contribution in [0.15, 0.2) is 28.8 Å². The molecule has 2 aromatic rings. The third-order valence-corrected chi connectivity index (χ3v) is 2.34. The second kappa shape index (κ2) is 4.35. The van der Waals surface area contributed by atoms with E-state index in [-0.39, 0.29) is 6.04 Å². The molecule has 0 spiro atoms. The number of nitrogens with zero attached hydrogens (tertiary/aromatic N) is 2. The Morgan fingerprint density at radius 2 is 2.12 bits per heavy atom. The number of hydrogen-bond acceptors (Lipinski definition) is 4. The van der Waals surface area contributed by atoms with Gasteiger partial charge in [-0.05, 0) is 44.5 Å². The van der Waals surface area contributed by atoms with E-state index in [4.69, 9.17) is 4.42 Å². The summed E-state index contributed by atoms with van der Waals surface area (Å²) in [7, 11) is 0. The van der Waals surface area contributed by atoms with Crippen molar-refractivity contribution in [1.29, 1.82) is 0 Å². The molecule has 16 heavy (non-hydrogen) atoms. The van der Waals surface area contributed by atoms with Gasteiger partial charge in [-0.1, -0.05) is 0 Å². The van der Waals surface area contributed by atoms with E-state index in [2.05, 4.69) is 15.5 Å². The molecule has 84 valence electrons. The Morgan fingerprint density at radius 1 is 1.31 bits per heavy atom. The third-order valence-electron chi connectivity index (χ3n) is 2.34. The topological polar surface area (TPSA) is 51.0 Å². The number of aryl methyl sites for hydroxylation is 2. The molecule has 4 nitrogen and oxygen atoms in total. The SMILES string of the molecule is Cc1cnnc(NC(C)c2ccc(C)o2)c1. The van der Waals surface area contributed by atoms with Crippen molar-refractivity contribution in [1.82, 2.24) is 10.2 Å². The molecule has 1 N–H and O–H groups in total. The molecule has 2 heterocycles. The normalized spacial score (nSPS) is 12.4. The first-order chi connectivity index (χ1) is 7.65. The van der Waals surface area contributed by atoms with Gasteiger partial charge in [0, 0.05) is 0 Å². The van der Waals surface area contributed by atoms with Crippen molar-refractivity contribution in [3.63, 3.8) is 0 Å². The van der Waals surface area contributed by atoms with Crippen molar-refractivity contribution in [2.75, 3.05) is 5.32 Å². The van der Waals surface area contributed by atoms with Crippen LogP contribution in [0, 0.1) is 13.8 Å². The summed E-state index contributed by atoms with van der Waals surface area (Å²) in [6.07, 6.45) is 1.73. The summed E-state index contributed by atoms with van der Waals surface area (Å²) in [5.74, 6) is 2.58. The molecule has 0 radical (unpaired) electrons. The first kappa shape index (κ1) is 10.7. The average molecular weight is 217 g/mol. The van der Waals surface area contributed by atoms with E-state index in [1.807, 2.05) is 39.0 Å². The van der Waals surface area contributed by atoms with Gasteiger partial charge in [0.15, 0.2) is 0 Å². The average Bonchev–Trinajstić information content (AvgIpc) is 2.65. The molecule has 0 aliphatic heterocycles. The zero-order valence-corrected chi connectivity index (χ0v) is 9.69. The maximum absolute atomic E-state index is 5.54.